The summed E-state index contributed by atoms with van der Waals surface area (Å²) in [4.78, 5) is 16.4. The molecule has 3 aromatic rings. The molecular formula is C26H32N6O3S. The summed E-state index contributed by atoms with van der Waals surface area (Å²) < 4.78 is 33.9. The van der Waals surface area contributed by atoms with Crippen LogP contribution in [-0.4, -0.2) is 87.0 Å². The van der Waals surface area contributed by atoms with E-state index in [1.165, 1.54) is 4.31 Å². The van der Waals surface area contributed by atoms with Gasteiger partial charge in [-0.3, -0.25) is 0 Å². The lowest BCUT2D eigenvalue weighted by Gasteiger charge is -2.36. The Morgan fingerprint density at radius 2 is 1.36 bits per heavy atom. The molecule has 2 aliphatic rings. The van der Waals surface area contributed by atoms with E-state index in [0.29, 0.717) is 43.6 Å². The Bertz CT molecular complexity index is 1270. The highest BCUT2D eigenvalue weighted by Crippen LogP contribution is 2.26. The highest BCUT2D eigenvalue weighted by Gasteiger charge is 2.30. The van der Waals surface area contributed by atoms with Crippen molar-refractivity contribution in [2.45, 2.75) is 11.8 Å². The number of ether oxygens (including phenoxy) is 1. The number of aryl methyl sites for hydroxylation is 1. The zero-order valence-corrected chi connectivity index (χ0v) is 21.6. The second kappa shape index (κ2) is 10.4. The molecule has 190 valence electrons. The molecule has 0 N–H and O–H groups in total. The highest BCUT2D eigenvalue weighted by atomic mass is 32.2. The minimum absolute atomic E-state index is 0.264. The molecule has 2 saturated heterocycles. The smallest absolute Gasteiger partial charge is 0.243 e. The van der Waals surface area contributed by atoms with E-state index in [1.807, 2.05) is 43.3 Å². The number of anilines is 2. The molecule has 0 spiro atoms. The average Bonchev–Trinajstić information content (AvgIpc) is 2.90. The van der Waals surface area contributed by atoms with E-state index in [9.17, 15) is 8.42 Å². The first-order valence-electron chi connectivity index (χ1n) is 12.3. The van der Waals surface area contributed by atoms with E-state index in [4.69, 9.17) is 9.72 Å². The van der Waals surface area contributed by atoms with E-state index in [0.717, 1.165) is 37.7 Å². The van der Waals surface area contributed by atoms with Gasteiger partial charge in [0.05, 0.1) is 4.90 Å². The van der Waals surface area contributed by atoms with Gasteiger partial charge in [0.25, 0.3) is 0 Å². The Morgan fingerprint density at radius 1 is 0.750 bits per heavy atom. The zero-order valence-electron chi connectivity index (χ0n) is 20.7. The number of rotatable bonds is 6. The molecule has 3 heterocycles. The summed E-state index contributed by atoms with van der Waals surface area (Å²) in [6, 6.07) is 18.0. The summed E-state index contributed by atoms with van der Waals surface area (Å²) in [6.45, 7) is 7.72. The molecule has 0 radical (unpaired) electrons. The van der Waals surface area contributed by atoms with Crippen molar-refractivity contribution in [2.24, 2.45) is 0 Å². The summed E-state index contributed by atoms with van der Waals surface area (Å²) in [5.41, 5.74) is 0.918. The molecule has 0 bridgehead atoms. The predicted molar refractivity (Wildman–Crippen MR) is 140 cm³/mol. The van der Waals surface area contributed by atoms with E-state index >= 15 is 0 Å². The molecule has 0 unspecified atom stereocenters. The van der Waals surface area contributed by atoms with Gasteiger partial charge in [-0.15, -0.1) is 0 Å². The number of nitrogens with zero attached hydrogens (tertiary/aromatic N) is 6. The maximum absolute atomic E-state index is 13.3. The van der Waals surface area contributed by atoms with Crippen molar-refractivity contribution in [1.82, 2.24) is 19.2 Å². The summed E-state index contributed by atoms with van der Waals surface area (Å²) in [7, 11) is -1.47. The topological polar surface area (TPSA) is 82.1 Å². The van der Waals surface area contributed by atoms with Gasteiger partial charge < -0.3 is 19.4 Å². The van der Waals surface area contributed by atoms with Crippen LogP contribution >= 0.6 is 0 Å². The number of hydrogen-bond acceptors (Lipinski definition) is 8. The number of likely N-dealkylation sites (N-methyl/N-ethyl adjacent to an activating group) is 1. The molecular weight excluding hydrogens is 476 g/mol. The minimum Gasteiger partial charge on any atom is -0.457 e. The van der Waals surface area contributed by atoms with Gasteiger partial charge in [0.1, 0.15) is 17.3 Å². The second-order valence-electron chi connectivity index (χ2n) is 9.24. The second-order valence-corrected chi connectivity index (χ2v) is 11.2. The molecule has 2 aliphatic heterocycles. The van der Waals surface area contributed by atoms with Gasteiger partial charge in [-0.2, -0.15) is 9.29 Å². The molecule has 2 fully saturated rings. The molecule has 36 heavy (non-hydrogen) atoms. The monoisotopic (exact) mass is 508 g/mol. The Labute approximate surface area is 213 Å². The van der Waals surface area contributed by atoms with Crippen LogP contribution in [0.2, 0.25) is 0 Å². The van der Waals surface area contributed by atoms with Crippen LogP contribution in [0.1, 0.15) is 5.69 Å². The van der Waals surface area contributed by atoms with Crippen LogP contribution in [0.25, 0.3) is 0 Å². The number of sulfonamides is 1. The van der Waals surface area contributed by atoms with Gasteiger partial charge in [0.15, 0.2) is 0 Å². The van der Waals surface area contributed by atoms with E-state index in [1.54, 1.807) is 24.3 Å². The largest absolute Gasteiger partial charge is 0.457 e. The lowest BCUT2D eigenvalue weighted by molar-refractivity contribution is 0.312. The molecule has 1 aromatic heterocycles. The van der Waals surface area contributed by atoms with Crippen molar-refractivity contribution in [3.63, 3.8) is 0 Å². The normalized spacial score (nSPS) is 17.8. The number of benzene rings is 2. The first-order valence-corrected chi connectivity index (χ1v) is 13.7. The molecule has 9 nitrogen and oxygen atoms in total. The van der Waals surface area contributed by atoms with Gasteiger partial charge in [0.2, 0.25) is 16.0 Å². The third-order valence-corrected chi connectivity index (χ3v) is 8.53. The Kier molecular flexibility index (Phi) is 7.08. The standard InChI is InChI=1S/C26H32N6O3S/c1-21-20-25(30-14-12-29(2)13-15-30)28-26(27-21)31-16-18-32(19-17-31)36(33,34)24-10-8-23(9-11-24)35-22-6-4-3-5-7-22/h3-11,20H,12-19H2,1-2H3. The molecule has 0 atom stereocenters. The molecule has 2 aromatic carbocycles. The van der Waals surface area contributed by atoms with Crippen LogP contribution in [0.4, 0.5) is 11.8 Å². The van der Waals surface area contributed by atoms with Crippen LogP contribution in [0.5, 0.6) is 11.5 Å². The first-order chi connectivity index (χ1) is 17.4. The van der Waals surface area contributed by atoms with Gasteiger partial charge in [-0.25, -0.2) is 13.4 Å². The lowest BCUT2D eigenvalue weighted by atomic mass is 10.3. The quantitative estimate of drug-likeness (QED) is 0.503. The van der Waals surface area contributed by atoms with Crippen molar-refractivity contribution in [1.29, 1.82) is 0 Å². The number of piperazine rings is 2. The zero-order chi connectivity index (χ0) is 25.1. The highest BCUT2D eigenvalue weighted by molar-refractivity contribution is 7.89. The fraction of sp³-hybridized carbons (Fsp3) is 0.385. The molecule has 0 saturated carbocycles. The Morgan fingerprint density at radius 3 is 2.03 bits per heavy atom. The van der Waals surface area contributed by atoms with Crippen LogP contribution in [0.15, 0.2) is 65.6 Å². The SMILES string of the molecule is Cc1cc(N2CCN(C)CC2)nc(N2CCN(S(=O)(=O)c3ccc(Oc4ccccc4)cc3)CC2)n1. The van der Waals surface area contributed by atoms with Gasteiger partial charge >= 0.3 is 0 Å². The van der Waals surface area contributed by atoms with Crippen molar-refractivity contribution < 1.29 is 13.2 Å². The van der Waals surface area contributed by atoms with Crippen molar-refractivity contribution in [2.75, 3.05) is 69.2 Å². The summed E-state index contributed by atoms with van der Waals surface area (Å²) in [6.07, 6.45) is 0. The molecule has 0 amide bonds. The molecule has 10 heteroatoms. The lowest BCUT2D eigenvalue weighted by Crippen LogP contribution is -2.49. The van der Waals surface area contributed by atoms with Crippen molar-refractivity contribution >= 4 is 21.8 Å². The van der Waals surface area contributed by atoms with Crippen molar-refractivity contribution in [3.05, 3.63) is 66.4 Å². The maximum Gasteiger partial charge on any atom is 0.243 e. The molecule has 5 rings (SSSR count). The van der Waals surface area contributed by atoms with Crippen LogP contribution in [0.3, 0.4) is 0 Å². The van der Waals surface area contributed by atoms with E-state index in [2.05, 4.69) is 26.7 Å². The maximum atomic E-state index is 13.3. The minimum atomic E-state index is -3.60. The molecule has 0 aliphatic carbocycles. The third-order valence-electron chi connectivity index (χ3n) is 6.62. The summed E-state index contributed by atoms with van der Waals surface area (Å²) in [5.74, 6) is 2.91. The fourth-order valence-corrected chi connectivity index (χ4v) is 5.88. The van der Waals surface area contributed by atoms with Crippen molar-refractivity contribution in [3.8, 4) is 11.5 Å². The Hall–Kier alpha value is -3.21. The summed E-state index contributed by atoms with van der Waals surface area (Å²) in [5, 5.41) is 0. The third kappa shape index (κ3) is 5.45. The summed E-state index contributed by atoms with van der Waals surface area (Å²) >= 11 is 0. The van der Waals surface area contributed by atoms with Gasteiger partial charge in [-0.1, -0.05) is 18.2 Å². The van der Waals surface area contributed by atoms with E-state index in [-0.39, 0.29) is 4.90 Å². The number of aromatic nitrogens is 2. The first kappa shape index (κ1) is 24.5. The van der Waals surface area contributed by atoms with Crippen LogP contribution in [-0.2, 0) is 10.0 Å². The fourth-order valence-electron chi connectivity index (χ4n) is 4.46. The van der Waals surface area contributed by atoms with Gasteiger partial charge in [-0.05, 0) is 50.4 Å². The Balaban J connectivity index is 1.23. The number of hydrogen-bond donors (Lipinski definition) is 0. The van der Waals surface area contributed by atoms with Crippen LogP contribution < -0.4 is 14.5 Å². The van der Waals surface area contributed by atoms with E-state index < -0.39 is 10.0 Å². The van der Waals surface area contributed by atoms with Crippen LogP contribution in [0, 0.1) is 6.92 Å². The van der Waals surface area contributed by atoms with Gasteiger partial charge in [0, 0.05) is 64.1 Å². The number of para-hydroxylation sites is 1. The average molecular weight is 509 g/mol. The predicted octanol–water partition coefficient (Wildman–Crippen LogP) is 2.84.